The highest BCUT2D eigenvalue weighted by atomic mass is 32.1. The van der Waals surface area contributed by atoms with Gasteiger partial charge in [-0.05, 0) is 23.6 Å². The second kappa shape index (κ2) is 6.65. The first-order valence-electron chi connectivity index (χ1n) is 8.25. The van der Waals surface area contributed by atoms with Crippen LogP contribution in [0.3, 0.4) is 0 Å². The van der Waals surface area contributed by atoms with Crippen molar-refractivity contribution in [1.29, 1.82) is 0 Å². The van der Waals surface area contributed by atoms with E-state index in [9.17, 15) is 9.59 Å². The predicted molar refractivity (Wildman–Crippen MR) is 103 cm³/mol. The monoisotopic (exact) mass is 361 g/mol. The van der Waals surface area contributed by atoms with Gasteiger partial charge >= 0.3 is 5.56 Å². The maximum atomic E-state index is 12.7. The summed E-state index contributed by atoms with van der Waals surface area (Å²) in [6.45, 7) is 2.10. The molecule has 0 aliphatic heterocycles. The Kier molecular flexibility index (Phi) is 4.18. The smallest absolute Gasteiger partial charge is 0.266 e. The molecule has 4 aromatic rings. The molecule has 128 valence electrons. The number of hydrogen-bond donors (Lipinski definition) is 0. The molecule has 0 amide bonds. The van der Waals surface area contributed by atoms with Gasteiger partial charge in [-0.2, -0.15) is 14.6 Å². The molecule has 4 rings (SSSR count). The summed E-state index contributed by atoms with van der Waals surface area (Å²) in [4.78, 5) is 29.3. The quantitative estimate of drug-likeness (QED) is 0.562. The summed E-state index contributed by atoms with van der Waals surface area (Å²) in [6.07, 6.45) is 2.77. The van der Waals surface area contributed by atoms with Crippen LogP contribution in [-0.2, 0) is 6.42 Å². The van der Waals surface area contributed by atoms with E-state index in [1.807, 2.05) is 42.5 Å². The normalized spacial score (nSPS) is 12.0. The van der Waals surface area contributed by atoms with Crippen LogP contribution in [-0.4, -0.2) is 14.6 Å². The Morgan fingerprint density at radius 2 is 1.77 bits per heavy atom. The maximum absolute atomic E-state index is 12.7. The predicted octanol–water partition coefficient (Wildman–Crippen LogP) is 2.29. The summed E-state index contributed by atoms with van der Waals surface area (Å²) in [6, 6.07) is 17.1. The van der Waals surface area contributed by atoms with E-state index in [0.717, 1.165) is 12.0 Å². The Labute approximate surface area is 152 Å². The summed E-state index contributed by atoms with van der Waals surface area (Å²) in [7, 11) is 0. The van der Waals surface area contributed by atoms with E-state index in [2.05, 4.69) is 17.0 Å². The Morgan fingerprint density at radius 3 is 2.46 bits per heavy atom. The lowest BCUT2D eigenvalue weighted by Gasteiger charge is -1.98. The number of aromatic nitrogens is 3. The van der Waals surface area contributed by atoms with Gasteiger partial charge in [0.1, 0.15) is 0 Å². The molecule has 0 atom stereocenters. The van der Waals surface area contributed by atoms with Crippen molar-refractivity contribution < 1.29 is 0 Å². The van der Waals surface area contributed by atoms with Crippen molar-refractivity contribution in [2.24, 2.45) is 0 Å². The Morgan fingerprint density at radius 1 is 1.04 bits per heavy atom. The molecule has 0 saturated carbocycles. The van der Waals surface area contributed by atoms with E-state index in [1.165, 1.54) is 21.4 Å². The molecule has 0 spiro atoms. The highest BCUT2D eigenvalue weighted by Crippen LogP contribution is 2.11. The lowest BCUT2D eigenvalue weighted by molar-refractivity contribution is 0.873. The van der Waals surface area contributed by atoms with Gasteiger partial charge in [0.2, 0.25) is 4.96 Å². The molecule has 2 heterocycles. The molecule has 5 nitrogen and oxygen atoms in total. The van der Waals surface area contributed by atoms with E-state index in [0.29, 0.717) is 15.1 Å². The van der Waals surface area contributed by atoms with Gasteiger partial charge < -0.3 is 0 Å². The maximum Gasteiger partial charge on any atom is 0.300 e. The van der Waals surface area contributed by atoms with Crippen LogP contribution in [0.4, 0.5) is 0 Å². The molecule has 0 aliphatic carbocycles. The second-order valence-electron chi connectivity index (χ2n) is 5.84. The van der Waals surface area contributed by atoms with Gasteiger partial charge in [0.25, 0.3) is 5.56 Å². The molecular formula is C20H15N3O2S. The third-order valence-electron chi connectivity index (χ3n) is 4.12. The van der Waals surface area contributed by atoms with Crippen LogP contribution in [0.2, 0.25) is 0 Å². The highest BCUT2D eigenvalue weighted by molar-refractivity contribution is 7.15. The summed E-state index contributed by atoms with van der Waals surface area (Å²) in [5, 5.41) is 4.25. The lowest BCUT2D eigenvalue weighted by Crippen LogP contribution is -2.26. The van der Waals surface area contributed by atoms with Crippen molar-refractivity contribution in [1.82, 2.24) is 14.6 Å². The van der Waals surface area contributed by atoms with Gasteiger partial charge in [0.15, 0.2) is 5.69 Å². The minimum absolute atomic E-state index is 0.178. The molecule has 2 aromatic heterocycles. The fourth-order valence-electron chi connectivity index (χ4n) is 2.69. The molecule has 0 aliphatic rings. The molecule has 0 saturated heterocycles. The molecule has 26 heavy (non-hydrogen) atoms. The zero-order chi connectivity index (χ0) is 18.1. The molecule has 6 heteroatoms. The standard InChI is InChI=1S/C20H15N3O2S/c1-2-13-8-10-14(11-9-13)12-16-19(25)23-20(26-16)21-18(24)17(22-23)15-6-4-3-5-7-15/h3-12H,2H2,1H3/b16-12-. The Hall–Kier alpha value is -3.12. The summed E-state index contributed by atoms with van der Waals surface area (Å²) in [5.74, 6) is 0. The first-order valence-corrected chi connectivity index (χ1v) is 9.07. The SMILES string of the molecule is CCc1ccc(/C=c2\sc3nc(=O)c(-c4ccccc4)nn3c2=O)cc1. The van der Waals surface area contributed by atoms with Gasteiger partial charge in [0, 0.05) is 5.56 Å². The van der Waals surface area contributed by atoms with Crippen molar-refractivity contribution in [3.63, 3.8) is 0 Å². The zero-order valence-corrected chi connectivity index (χ0v) is 14.9. The van der Waals surface area contributed by atoms with Crippen LogP contribution in [0, 0.1) is 0 Å². The van der Waals surface area contributed by atoms with Gasteiger partial charge in [-0.1, -0.05) is 72.9 Å². The van der Waals surface area contributed by atoms with Crippen molar-refractivity contribution in [2.45, 2.75) is 13.3 Å². The molecule has 0 fully saturated rings. The lowest BCUT2D eigenvalue weighted by atomic mass is 10.1. The number of fused-ring (bicyclic) bond motifs is 1. The number of aryl methyl sites for hydroxylation is 1. The van der Waals surface area contributed by atoms with Gasteiger partial charge in [-0.3, -0.25) is 9.59 Å². The van der Waals surface area contributed by atoms with Crippen molar-refractivity contribution in [3.05, 3.63) is 91.0 Å². The van der Waals surface area contributed by atoms with Gasteiger partial charge in [-0.25, -0.2) is 0 Å². The van der Waals surface area contributed by atoms with E-state index >= 15 is 0 Å². The first kappa shape index (κ1) is 16.4. The van der Waals surface area contributed by atoms with E-state index in [-0.39, 0.29) is 11.3 Å². The second-order valence-corrected chi connectivity index (χ2v) is 6.85. The third-order valence-corrected chi connectivity index (χ3v) is 5.08. The number of thiazole rings is 1. The molecule has 0 unspecified atom stereocenters. The van der Waals surface area contributed by atoms with Crippen LogP contribution < -0.4 is 15.7 Å². The third kappa shape index (κ3) is 2.95. The summed E-state index contributed by atoms with van der Waals surface area (Å²) < 4.78 is 1.71. The number of hydrogen-bond acceptors (Lipinski definition) is 5. The highest BCUT2D eigenvalue weighted by Gasteiger charge is 2.12. The van der Waals surface area contributed by atoms with E-state index < -0.39 is 5.56 Å². The average Bonchev–Trinajstić information content (AvgIpc) is 2.97. The minimum atomic E-state index is -0.434. The van der Waals surface area contributed by atoms with Crippen LogP contribution in [0.15, 0.2) is 64.2 Å². The Balaban J connectivity index is 1.88. The largest absolute Gasteiger partial charge is 0.300 e. The van der Waals surface area contributed by atoms with Crippen LogP contribution in [0.1, 0.15) is 18.1 Å². The summed E-state index contributed by atoms with van der Waals surface area (Å²) >= 11 is 1.17. The topological polar surface area (TPSA) is 64.3 Å². The average molecular weight is 361 g/mol. The first-order chi connectivity index (χ1) is 12.7. The van der Waals surface area contributed by atoms with Gasteiger partial charge in [0.05, 0.1) is 4.53 Å². The number of rotatable bonds is 3. The van der Waals surface area contributed by atoms with E-state index in [1.54, 1.807) is 18.2 Å². The Bertz CT molecular complexity index is 1240. The zero-order valence-electron chi connectivity index (χ0n) is 14.0. The van der Waals surface area contributed by atoms with Crippen LogP contribution in [0.5, 0.6) is 0 Å². The van der Waals surface area contributed by atoms with E-state index in [4.69, 9.17) is 0 Å². The minimum Gasteiger partial charge on any atom is -0.266 e. The van der Waals surface area contributed by atoms with Crippen LogP contribution in [0.25, 0.3) is 22.3 Å². The summed E-state index contributed by atoms with van der Waals surface area (Å²) in [5.41, 5.74) is 2.28. The van der Waals surface area contributed by atoms with Crippen LogP contribution >= 0.6 is 11.3 Å². The molecule has 0 bridgehead atoms. The fraction of sp³-hybridized carbons (Fsp3) is 0.100. The number of benzene rings is 2. The van der Waals surface area contributed by atoms with Gasteiger partial charge in [-0.15, -0.1) is 0 Å². The van der Waals surface area contributed by atoms with Crippen molar-refractivity contribution in [3.8, 4) is 11.3 Å². The fourth-order valence-corrected chi connectivity index (χ4v) is 3.59. The van der Waals surface area contributed by atoms with Crippen molar-refractivity contribution in [2.75, 3.05) is 0 Å². The molecule has 0 N–H and O–H groups in total. The van der Waals surface area contributed by atoms with Crippen molar-refractivity contribution >= 4 is 22.4 Å². The number of nitrogens with zero attached hydrogens (tertiary/aromatic N) is 3. The molecule has 0 radical (unpaired) electrons. The molecule has 2 aromatic carbocycles. The molecular weight excluding hydrogens is 346 g/mol.